The maximum absolute atomic E-state index is 11.1. The van der Waals surface area contributed by atoms with E-state index < -0.39 is 0 Å². The molecular formula is C10H19NO2. The molecule has 0 aromatic rings. The molecule has 0 N–H and O–H groups in total. The van der Waals surface area contributed by atoms with Gasteiger partial charge in [-0.15, -0.1) is 0 Å². The summed E-state index contributed by atoms with van der Waals surface area (Å²) in [6, 6.07) is 0. The maximum Gasteiger partial charge on any atom is 0.219 e. The second kappa shape index (κ2) is 7.77. The fraction of sp³-hybridized carbons (Fsp3) is 0.800. The molecule has 0 unspecified atom stereocenters. The molecule has 3 nitrogen and oxygen atoms in total. The Morgan fingerprint density at radius 1 is 1.31 bits per heavy atom. The first kappa shape index (κ1) is 12.1. The second-order valence-corrected chi connectivity index (χ2v) is 3.17. The summed E-state index contributed by atoms with van der Waals surface area (Å²) in [5.41, 5.74) is 0. The monoisotopic (exact) mass is 185 g/mol. The molecule has 0 heterocycles. The van der Waals surface area contributed by atoms with Crippen molar-refractivity contribution in [3.63, 3.8) is 0 Å². The fourth-order valence-electron chi connectivity index (χ4n) is 1.19. The van der Waals surface area contributed by atoms with Crippen molar-refractivity contribution < 1.29 is 9.59 Å². The average Bonchev–Trinajstić information content (AvgIpc) is 2.10. The lowest BCUT2D eigenvalue weighted by Crippen LogP contribution is -2.30. The Balaban J connectivity index is 3.66. The van der Waals surface area contributed by atoms with Crippen LogP contribution in [-0.4, -0.2) is 30.2 Å². The Bertz CT molecular complexity index is 157. The van der Waals surface area contributed by atoms with Crippen LogP contribution >= 0.6 is 0 Å². The summed E-state index contributed by atoms with van der Waals surface area (Å²) >= 11 is 0. The van der Waals surface area contributed by atoms with Gasteiger partial charge in [0.25, 0.3) is 0 Å². The molecule has 0 fully saturated rings. The minimum absolute atomic E-state index is 0.0675. The lowest BCUT2D eigenvalue weighted by Gasteiger charge is -2.19. The normalized spacial score (nSPS) is 9.69. The standard InChI is InChI=1S/C10H19NO2/c1-3-4-5-7-11(10(2)13)8-6-9-12/h9H,3-8H2,1-2H3. The van der Waals surface area contributed by atoms with Crippen LogP contribution < -0.4 is 0 Å². The van der Waals surface area contributed by atoms with Crippen LogP contribution in [0, 0.1) is 0 Å². The van der Waals surface area contributed by atoms with Crippen LogP contribution in [0.1, 0.15) is 39.5 Å². The van der Waals surface area contributed by atoms with Crippen LogP contribution in [0.5, 0.6) is 0 Å². The molecule has 0 spiro atoms. The Kier molecular flexibility index (Phi) is 7.26. The molecular weight excluding hydrogens is 166 g/mol. The molecule has 3 heteroatoms. The lowest BCUT2D eigenvalue weighted by molar-refractivity contribution is -0.129. The number of carbonyl (C=O) groups excluding carboxylic acids is 2. The second-order valence-electron chi connectivity index (χ2n) is 3.17. The van der Waals surface area contributed by atoms with Crippen molar-refractivity contribution >= 4 is 12.2 Å². The molecule has 13 heavy (non-hydrogen) atoms. The third kappa shape index (κ3) is 6.31. The molecule has 0 saturated carbocycles. The number of nitrogens with zero attached hydrogens (tertiary/aromatic N) is 1. The van der Waals surface area contributed by atoms with Crippen LogP contribution in [-0.2, 0) is 9.59 Å². The first-order chi connectivity index (χ1) is 6.22. The molecule has 0 atom stereocenters. The summed E-state index contributed by atoms with van der Waals surface area (Å²) in [5.74, 6) is 0.0675. The van der Waals surface area contributed by atoms with E-state index in [-0.39, 0.29) is 5.91 Å². The van der Waals surface area contributed by atoms with E-state index in [9.17, 15) is 9.59 Å². The Morgan fingerprint density at radius 2 is 2.00 bits per heavy atom. The minimum atomic E-state index is 0.0675. The molecule has 0 saturated heterocycles. The van der Waals surface area contributed by atoms with Gasteiger partial charge in [-0.1, -0.05) is 19.8 Å². The van der Waals surface area contributed by atoms with Crippen molar-refractivity contribution in [2.75, 3.05) is 13.1 Å². The zero-order chi connectivity index (χ0) is 10.1. The molecule has 0 aliphatic rings. The third-order valence-corrected chi connectivity index (χ3v) is 1.99. The Hall–Kier alpha value is -0.860. The number of hydrogen-bond donors (Lipinski definition) is 0. The number of unbranched alkanes of at least 4 members (excludes halogenated alkanes) is 2. The van der Waals surface area contributed by atoms with Crippen LogP contribution in [0.3, 0.4) is 0 Å². The van der Waals surface area contributed by atoms with E-state index in [0.29, 0.717) is 13.0 Å². The van der Waals surface area contributed by atoms with Crippen molar-refractivity contribution in [2.24, 2.45) is 0 Å². The summed E-state index contributed by atoms with van der Waals surface area (Å²) in [6.07, 6.45) is 4.64. The van der Waals surface area contributed by atoms with Gasteiger partial charge in [-0.3, -0.25) is 4.79 Å². The van der Waals surface area contributed by atoms with E-state index in [2.05, 4.69) is 6.92 Å². The van der Waals surface area contributed by atoms with E-state index >= 15 is 0 Å². The van der Waals surface area contributed by atoms with Gasteiger partial charge in [-0.25, -0.2) is 0 Å². The predicted octanol–water partition coefficient (Wildman–Crippen LogP) is 1.61. The highest BCUT2D eigenvalue weighted by Gasteiger charge is 2.06. The maximum atomic E-state index is 11.1. The number of amides is 1. The van der Waals surface area contributed by atoms with Crippen molar-refractivity contribution in [3.8, 4) is 0 Å². The molecule has 0 bridgehead atoms. The van der Waals surface area contributed by atoms with E-state index in [1.165, 1.54) is 0 Å². The lowest BCUT2D eigenvalue weighted by atomic mass is 10.2. The van der Waals surface area contributed by atoms with Gasteiger partial charge >= 0.3 is 0 Å². The van der Waals surface area contributed by atoms with Crippen LogP contribution in [0.4, 0.5) is 0 Å². The average molecular weight is 185 g/mol. The van der Waals surface area contributed by atoms with Crippen LogP contribution in [0.25, 0.3) is 0 Å². The van der Waals surface area contributed by atoms with E-state index in [1.807, 2.05) is 0 Å². The molecule has 1 amide bonds. The summed E-state index contributed by atoms with van der Waals surface area (Å²) in [6.45, 7) is 5.04. The Labute approximate surface area is 80.1 Å². The van der Waals surface area contributed by atoms with Crippen molar-refractivity contribution in [2.45, 2.75) is 39.5 Å². The highest BCUT2D eigenvalue weighted by atomic mass is 16.2. The van der Waals surface area contributed by atoms with Gasteiger partial charge in [0.05, 0.1) is 0 Å². The van der Waals surface area contributed by atoms with Crippen molar-refractivity contribution in [1.82, 2.24) is 4.90 Å². The summed E-state index contributed by atoms with van der Waals surface area (Å²) < 4.78 is 0. The van der Waals surface area contributed by atoms with Crippen LogP contribution in [0.15, 0.2) is 0 Å². The number of aldehydes is 1. The van der Waals surface area contributed by atoms with Gasteiger partial charge in [-0.05, 0) is 6.42 Å². The smallest absolute Gasteiger partial charge is 0.219 e. The summed E-state index contributed by atoms with van der Waals surface area (Å²) in [4.78, 5) is 22.9. The minimum Gasteiger partial charge on any atom is -0.343 e. The van der Waals surface area contributed by atoms with Gasteiger partial charge in [-0.2, -0.15) is 0 Å². The van der Waals surface area contributed by atoms with Crippen LogP contribution in [0.2, 0.25) is 0 Å². The molecule has 0 aliphatic carbocycles. The summed E-state index contributed by atoms with van der Waals surface area (Å²) in [5, 5.41) is 0. The quantitative estimate of drug-likeness (QED) is 0.446. The van der Waals surface area contributed by atoms with Crippen molar-refractivity contribution in [1.29, 1.82) is 0 Å². The number of rotatable bonds is 7. The van der Waals surface area contributed by atoms with Gasteiger partial charge in [0.15, 0.2) is 0 Å². The Morgan fingerprint density at radius 3 is 2.46 bits per heavy atom. The van der Waals surface area contributed by atoms with E-state index in [4.69, 9.17) is 0 Å². The molecule has 0 radical (unpaired) electrons. The SMILES string of the molecule is CCCCCN(CCC=O)C(C)=O. The number of carbonyl (C=O) groups is 2. The first-order valence-electron chi connectivity index (χ1n) is 4.91. The first-order valence-corrected chi connectivity index (χ1v) is 4.91. The van der Waals surface area contributed by atoms with Gasteiger partial charge < -0.3 is 9.69 Å². The third-order valence-electron chi connectivity index (χ3n) is 1.99. The highest BCUT2D eigenvalue weighted by Crippen LogP contribution is 1.99. The van der Waals surface area contributed by atoms with Gasteiger partial charge in [0.1, 0.15) is 6.29 Å². The zero-order valence-corrected chi connectivity index (χ0v) is 8.58. The van der Waals surface area contributed by atoms with Gasteiger partial charge in [0, 0.05) is 26.4 Å². The van der Waals surface area contributed by atoms with Crippen molar-refractivity contribution in [3.05, 3.63) is 0 Å². The molecule has 0 rings (SSSR count). The van der Waals surface area contributed by atoms with E-state index in [1.54, 1.807) is 11.8 Å². The topological polar surface area (TPSA) is 37.4 Å². The molecule has 0 aliphatic heterocycles. The van der Waals surface area contributed by atoms with E-state index in [0.717, 1.165) is 32.1 Å². The predicted molar refractivity (Wildman–Crippen MR) is 52.5 cm³/mol. The largest absolute Gasteiger partial charge is 0.343 e. The highest BCUT2D eigenvalue weighted by molar-refractivity contribution is 5.73. The molecule has 0 aromatic heterocycles. The number of hydrogen-bond acceptors (Lipinski definition) is 2. The fourth-order valence-corrected chi connectivity index (χ4v) is 1.19. The molecule has 76 valence electrons. The van der Waals surface area contributed by atoms with Gasteiger partial charge in [0.2, 0.25) is 5.91 Å². The summed E-state index contributed by atoms with van der Waals surface area (Å²) in [7, 11) is 0. The molecule has 0 aromatic carbocycles. The zero-order valence-electron chi connectivity index (χ0n) is 8.58.